The normalized spacial score (nSPS) is 10.0. The van der Waals surface area contributed by atoms with E-state index < -0.39 is 0 Å². The van der Waals surface area contributed by atoms with Crippen LogP contribution in [-0.2, 0) is 0 Å². The Hall–Kier alpha value is -3.09. The lowest BCUT2D eigenvalue weighted by Gasteiger charge is -2.12. The molecule has 1 aromatic heterocycles. The molecule has 0 aliphatic heterocycles. The molecular formula is C18H21N3O4. The van der Waals surface area contributed by atoms with Crippen LogP contribution in [-0.4, -0.2) is 37.6 Å². The number of carbonyl (C=O) groups is 2. The van der Waals surface area contributed by atoms with Gasteiger partial charge in [0.25, 0.3) is 11.8 Å². The highest BCUT2D eigenvalue weighted by Gasteiger charge is 2.14. The number of carbonyl (C=O) groups excluding carboxylic acids is 2. The van der Waals surface area contributed by atoms with Crippen molar-refractivity contribution < 1.29 is 19.1 Å². The van der Waals surface area contributed by atoms with E-state index in [0.717, 1.165) is 6.42 Å². The average Bonchev–Trinajstić information content (AvgIpc) is 2.66. The van der Waals surface area contributed by atoms with Gasteiger partial charge in [-0.05, 0) is 30.7 Å². The van der Waals surface area contributed by atoms with Gasteiger partial charge in [-0.15, -0.1) is 0 Å². The number of hydrogen-bond donors (Lipinski definition) is 2. The maximum atomic E-state index is 12.5. The molecule has 1 heterocycles. The van der Waals surface area contributed by atoms with Gasteiger partial charge >= 0.3 is 0 Å². The number of rotatable bonds is 7. The summed E-state index contributed by atoms with van der Waals surface area (Å²) < 4.78 is 10.4. The second kappa shape index (κ2) is 8.68. The molecule has 7 nitrogen and oxygen atoms in total. The predicted octanol–water partition coefficient (Wildman–Crippen LogP) is 2.49. The van der Waals surface area contributed by atoms with Crippen LogP contribution in [0.2, 0.25) is 0 Å². The van der Waals surface area contributed by atoms with E-state index in [0.29, 0.717) is 29.3 Å². The lowest BCUT2D eigenvalue weighted by molar-refractivity contribution is 0.0948. The molecule has 0 atom stereocenters. The number of benzene rings is 1. The summed E-state index contributed by atoms with van der Waals surface area (Å²) in [6.45, 7) is 2.51. The summed E-state index contributed by atoms with van der Waals surface area (Å²) in [6, 6.07) is 8.07. The van der Waals surface area contributed by atoms with Gasteiger partial charge in [0.2, 0.25) is 0 Å². The van der Waals surface area contributed by atoms with Crippen molar-refractivity contribution in [2.75, 3.05) is 26.1 Å². The largest absolute Gasteiger partial charge is 0.497 e. The fourth-order valence-electron chi connectivity index (χ4n) is 2.12. The first-order valence-electron chi connectivity index (χ1n) is 7.86. The van der Waals surface area contributed by atoms with Crippen LogP contribution in [0.1, 0.15) is 34.2 Å². The third-order valence-corrected chi connectivity index (χ3v) is 3.45. The molecule has 132 valence electrons. The van der Waals surface area contributed by atoms with Crippen molar-refractivity contribution in [1.82, 2.24) is 10.3 Å². The van der Waals surface area contributed by atoms with Gasteiger partial charge in [0.15, 0.2) is 0 Å². The minimum absolute atomic E-state index is 0.197. The summed E-state index contributed by atoms with van der Waals surface area (Å²) >= 11 is 0. The first-order chi connectivity index (χ1) is 12.1. The van der Waals surface area contributed by atoms with Gasteiger partial charge in [0, 0.05) is 24.4 Å². The highest BCUT2D eigenvalue weighted by molar-refractivity contribution is 6.06. The van der Waals surface area contributed by atoms with Gasteiger partial charge in [-0.25, -0.2) is 0 Å². The number of methoxy groups -OCH3 is 2. The van der Waals surface area contributed by atoms with Crippen molar-refractivity contribution in [2.24, 2.45) is 0 Å². The van der Waals surface area contributed by atoms with Crippen LogP contribution in [0.3, 0.4) is 0 Å². The Balaban J connectivity index is 2.17. The molecule has 0 spiro atoms. The number of aromatic nitrogens is 1. The molecule has 0 aliphatic carbocycles. The number of anilines is 1. The molecule has 2 rings (SSSR count). The molecule has 0 unspecified atom stereocenters. The summed E-state index contributed by atoms with van der Waals surface area (Å²) in [4.78, 5) is 28.4. The monoisotopic (exact) mass is 343 g/mol. The average molecular weight is 343 g/mol. The van der Waals surface area contributed by atoms with Gasteiger partial charge in [0.1, 0.15) is 17.2 Å². The number of amides is 2. The maximum absolute atomic E-state index is 12.5. The van der Waals surface area contributed by atoms with Crippen molar-refractivity contribution in [3.8, 4) is 11.5 Å². The Bertz CT molecular complexity index is 762. The SMILES string of the molecule is CCCNC(=O)c1cc(C(=O)Nc2ccc(OC)cc2OC)ccn1. The molecule has 0 radical (unpaired) electrons. The van der Waals surface area contributed by atoms with E-state index in [1.807, 2.05) is 6.92 Å². The highest BCUT2D eigenvalue weighted by atomic mass is 16.5. The molecule has 2 amide bonds. The van der Waals surface area contributed by atoms with Crippen molar-refractivity contribution in [1.29, 1.82) is 0 Å². The smallest absolute Gasteiger partial charge is 0.269 e. The summed E-state index contributed by atoms with van der Waals surface area (Å²) in [5, 5.41) is 5.49. The Labute approximate surface area is 146 Å². The van der Waals surface area contributed by atoms with Crippen molar-refractivity contribution in [2.45, 2.75) is 13.3 Å². The zero-order chi connectivity index (χ0) is 18.2. The van der Waals surface area contributed by atoms with E-state index in [2.05, 4.69) is 15.6 Å². The Kier molecular flexibility index (Phi) is 6.33. The van der Waals surface area contributed by atoms with E-state index >= 15 is 0 Å². The molecule has 0 saturated carbocycles. The predicted molar refractivity (Wildman–Crippen MR) is 94.4 cm³/mol. The molecule has 2 N–H and O–H groups in total. The number of nitrogens with zero attached hydrogens (tertiary/aromatic N) is 1. The molecule has 0 bridgehead atoms. The first kappa shape index (κ1) is 18.3. The van der Waals surface area contributed by atoms with Crippen LogP contribution < -0.4 is 20.1 Å². The zero-order valence-corrected chi connectivity index (χ0v) is 14.5. The maximum Gasteiger partial charge on any atom is 0.269 e. The van der Waals surface area contributed by atoms with Gasteiger partial charge in [-0.1, -0.05) is 6.92 Å². The van der Waals surface area contributed by atoms with E-state index in [9.17, 15) is 9.59 Å². The van der Waals surface area contributed by atoms with Crippen molar-refractivity contribution >= 4 is 17.5 Å². The summed E-state index contributed by atoms with van der Waals surface area (Å²) in [6.07, 6.45) is 2.25. The standard InChI is InChI=1S/C18H21N3O4/c1-4-8-20-18(23)15-10-12(7-9-19-15)17(22)21-14-6-5-13(24-2)11-16(14)25-3/h5-7,9-11H,4,8H2,1-3H3,(H,20,23)(H,21,22). The number of hydrogen-bond acceptors (Lipinski definition) is 5. The summed E-state index contributed by atoms with van der Waals surface area (Å²) in [5.41, 5.74) is 1.03. The van der Waals surface area contributed by atoms with Gasteiger partial charge < -0.3 is 20.1 Å². The summed E-state index contributed by atoms with van der Waals surface area (Å²) in [5.74, 6) is 0.422. The molecular weight excluding hydrogens is 322 g/mol. The van der Waals surface area contributed by atoms with Gasteiger partial charge in [-0.3, -0.25) is 14.6 Å². The summed E-state index contributed by atoms with van der Waals surface area (Å²) in [7, 11) is 3.06. The number of ether oxygens (including phenoxy) is 2. The molecule has 25 heavy (non-hydrogen) atoms. The third-order valence-electron chi connectivity index (χ3n) is 3.45. The van der Waals surface area contributed by atoms with Crippen LogP contribution in [0.5, 0.6) is 11.5 Å². The van der Waals surface area contributed by atoms with Crippen LogP contribution >= 0.6 is 0 Å². The lowest BCUT2D eigenvalue weighted by atomic mass is 10.2. The zero-order valence-electron chi connectivity index (χ0n) is 14.5. The van der Waals surface area contributed by atoms with E-state index in [1.165, 1.54) is 19.4 Å². The second-order valence-electron chi connectivity index (χ2n) is 5.21. The Morgan fingerprint density at radius 3 is 2.56 bits per heavy atom. The van der Waals surface area contributed by atoms with E-state index in [4.69, 9.17) is 9.47 Å². The Morgan fingerprint density at radius 2 is 1.88 bits per heavy atom. The van der Waals surface area contributed by atoms with Gasteiger partial charge in [0.05, 0.1) is 19.9 Å². The fourth-order valence-corrected chi connectivity index (χ4v) is 2.12. The minimum Gasteiger partial charge on any atom is -0.497 e. The third kappa shape index (κ3) is 4.69. The first-order valence-corrected chi connectivity index (χ1v) is 7.86. The number of nitrogens with one attached hydrogen (secondary N) is 2. The molecule has 2 aromatic rings. The van der Waals surface area contributed by atoms with Crippen LogP contribution in [0.4, 0.5) is 5.69 Å². The Morgan fingerprint density at radius 1 is 1.08 bits per heavy atom. The van der Waals surface area contributed by atoms with Gasteiger partial charge in [-0.2, -0.15) is 0 Å². The quantitative estimate of drug-likeness (QED) is 0.806. The van der Waals surface area contributed by atoms with Crippen LogP contribution in [0.25, 0.3) is 0 Å². The molecule has 1 aromatic carbocycles. The van der Waals surface area contributed by atoms with Crippen molar-refractivity contribution in [3.05, 3.63) is 47.8 Å². The van der Waals surface area contributed by atoms with Crippen LogP contribution in [0, 0.1) is 0 Å². The molecule has 7 heteroatoms. The lowest BCUT2D eigenvalue weighted by Crippen LogP contribution is -2.25. The molecule has 0 fully saturated rings. The molecule has 0 saturated heterocycles. The second-order valence-corrected chi connectivity index (χ2v) is 5.21. The van der Waals surface area contributed by atoms with Crippen LogP contribution in [0.15, 0.2) is 36.5 Å². The fraction of sp³-hybridized carbons (Fsp3) is 0.278. The highest BCUT2D eigenvalue weighted by Crippen LogP contribution is 2.29. The molecule has 0 aliphatic rings. The van der Waals surface area contributed by atoms with E-state index in [-0.39, 0.29) is 17.5 Å². The topological polar surface area (TPSA) is 89.6 Å². The van der Waals surface area contributed by atoms with Crippen molar-refractivity contribution in [3.63, 3.8) is 0 Å². The number of pyridine rings is 1. The minimum atomic E-state index is -0.365. The van der Waals surface area contributed by atoms with E-state index in [1.54, 1.807) is 31.4 Å².